The van der Waals surface area contributed by atoms with E-state index < -0.39 is 0 Å². The minimum atomic E-state index is 0.678. The van der Waals surface area contributed by atoms with Crippen LogP contribution in [0.15, 0.2) is 30.6 Å². The van der Waals surface area contributed by atoms with Gasteiger partial charge in [0.25, 0.3) is 0 Å². The van der Waals surface area contributed by atoms with Gasteiger partial charge < -0.3 is 9.47 Å². The van der Waals surface area contributed by atoms with Crippen molar-refractivity contribution in [1.82, 2.24) is 14.8 Å². The lowest BCUT2D eigenvalue weighted by molar-refractivity contribution is 0.148. The molecule has 5 heteroatoms. The van der Waals surface area contributed by atoms with Crippen LogP contribution in [0.1, 0.15) is 18.3 Å². The minimum absolute atomic E-state index is 0.678. The van der Waals surface area contributed by atoms with E-state index in [2.05, 4.69) is 10.1 Å². The molecule has 0 saturated carbocycles. The first-order valence-corrected chi connectivity index (χ1v) is 6.41. The van der Waals surface area contributed by atoms with Gasteiger partial charge in [0, 0.05) is 13.0 Å². The van der Waals surface area contributed by atoms with Crippen molar-refractivity contribution in [1.29, 1.82) is 0 Å². The summed E-state index contributed by atoms with van der Waals surface area (Å²) in [6, 6.07) is 7.97. The molecule has 0 fully saturated rings. The van der Waals surface area contributed by atoms with Crippen LogP contribution in [-0.2, 0) is 17.7 Å². The van der Waals surface area contributed by atoms with Crippen molar-refractivity contribution in [3.8, 4) is 5.75 Å². The first-order chi connectivity index (χ1) is 9.33. The van der Waals surface area contributed by atoms with Crippen LogP contribution in [-0.4, -0.2) is 35.1 Å². The SMILES string of the molecule is CCOCCc1ncnn1Cc1ccc(OC)cc1. The zero-order valence-corrected chi connectivity index (χ0v) is 11.4. The zero-order chi connectivity index (χ0) is 13.5. The van der Waals surface area contributed by atoms with E-state index in [1.165, 1.54) is 5.56 Å². The summed E-state index contributed by atoms with van der Waals surface area (Å²) in [5.41, 5.74) is 1.17. The largest absolute Gasteiger partial charge is 0.497 e. The predicted molar refractivity (Wildman–Crippen MR) is 72.3 cm³/mol. The average molecular weight is 261 g/mol. The second-order valence-corrected chi connectivity index (χ2v) is 4.13. The van der Waals surface area contributed by atoms with Gasteiger partial charge in [-0.05, 0) is 24.6 Å². The van der Waals surface area contributed by atoms with Crippen molar-refractivity contribution in [3.63, 3.8) is 0 Å². The van der Waals surface area contributed by atoms with Gasteiger partial charge in [0.1, 0.15) is 17.9 Å². The second-order valence-electron chi connectivity index (χ2n) is 4.13. The van der Waals surface area contributed by atoms with E-state index in [1.807, 2.05) is 35.9 Å². The van der Waals surface area contributed by atoms with E-state index in [1.54, 1.807) is 13.4 Å². The third kappa shape index (κ3) is 3.79. The number of benzene rings is 1. The maximum atomic E-state index is 5.34. The molecule has 19 heavy (non-hydrogen) atoms. The Morgan fingerprint density at radius 1 is 1.21 bits per heavy atom. The molecule has 1 aromatic carbocycles. The van der Waals surface area contributed by atoms with Gasteiger partial charge in [-0.3, -0.25) is 0 Å². The summed E-state index contributed by atoms with van der Waals surface area (Å²) in [6.07, 6.45) is 2.37. The molecule has 0 N–H and O–H groups in total. The van der Waals surface area contributed by atoms with E-state index in [0.717, 1.165) is 24.6 Å². The zero-order valence-electron chi connectivity index (χ0n) is 11.4. The van der Waals surface area contributed by atoms with Gasteiger partial charge >= 0.3 is 0 Å². The number of aromatic nitrogens is 3. The Kier molecular flexibility index (Phi) is 4.92. The molecule has 0 aliphatic rings. The maximum Gasteiger partial charge on any atom is 0.138 e. The monoisotopic (exact) mass is 261 g/mol. The Hall–Kier alpha value is -1.88. The Morgan fingerprint density at radius 3 is 2.68 bits per heavy atom. The van der Waals surface area contributed by atoms with Gasteiger partial charge in [-0.15, -0.1) is 0 Å². The molecule has 1 aromatic heterocycles. The number of rotatable bonds is 7. The van der Waals surface area contributed by atoms with Gasteiger partial charge in [-0.1, -0.05) is 12.1 Å². The van der Waals surface area contributed by atoms with Crippen molar-refractivity contribution < 1.29 is 9.47 Å². The van der Waals surface area contributed by atoms with E-state index in [4.69, 9.17) is 9.47 Å². The topological polar surface area (TPSA) is 49.2 Å². The van der Waals surface area contributed by atoms with Crippen LogP contribution < -0.4 is 4.74 Å². The average Bonchev–Trinajstić information content (AvgIpc) is 2.87. The molecule has 0 atom stereocenters. The lowest BCUT2D eigenvalue weighted by Crippen LogP contribution is -2.09. The highest BCUT2D eigenvalue weighted by molar-refractivity contribution is 5.27. The van der Waals surface area contributed by atoms with Crippen LogP contribution in [0.5, 0.6) is 5.75 Å². The fraction of sp³-hybridized carbons (Fsp3) is 0.429. The van der Waals surface area contributed by atoms with E-state index in [0.29, 0.717) is 13.2 Å². The lowest BCUT2D eigenvalue weighted by Gasteiger charge is -2.07. The predicted octanol–water partition coefficient (Wildman–Crippen LogP) is 1.91. The van der Waals surface area contributed by atoms with Crippen molar-refractivity contribution in [2.45, 2.75) is 19.9 Å². The van der Waals surface area contributed by atoms with Crippen molar-refractivity contribution >= 4 is 0 Å². The second kappa shape index (κ2) is 6.89. The number of nitrogens with zero attached hydrogens (tertiary/aromatic N) is 3. The Bertz CT molecular complexity index is 494. The molecular weight excluding hydrogens is 242 g/mol. The van der Waals surface area contributed by atoms with Gasteiger partial charge in [-0.25, -0.2) is 9.67 Å². The fourth-order valence-corrected chi connectivity index (χ4v) is 1.83. The highest BCUT2D eigenvalue weighted by atomic mass is 16.5. The standard InChI is InChI=1S/C14H19N3O2/c1-3-19-9-8-14-15-11-16-17(14)10-12-4-6-13(18-2)7-5-12/h4-7,11H,3,8-10H2,1-2H3. The molecule has 1 heterocycles. The molecule has 0 amide bonds. The van der Waals surface area contributed by atoms with Crippen molar-refractivity contribution in [2.75, 3.05) is 20.3 Å². The third-order valence-electron chi connectivity index (χ3n) is 2.86. The number of hydrogen-bond acceptors (Lipinski definition) is 4. The molecule has 2 rings (SSSR count). The van der Waals surface area contributed by atoms with Crippen molar-refractivity contribution in [2.24, 2.45) is 0 Å². The van der Waals surface area contributed by atoms with Crippen LogP contribution in [0.25, 0.3) is 0 Å². The molecule has 0 aliphatic carbocycles. The number of ether oxygens (including phenoxy) is 2. The van der Waals surface area contributed by atoms with Gasteiger partial charge in [0.2, 0.25) is 0 Å². The third-order valence-corrected chi connectivity index (χ3v) is 2.86. The molecular formula is C14H19N3O2. The Morgan fingerprint density at radius 2 is 2.00 bits per heavy atom. The Labute approximate surface area is 113 Å². The van der Waals surface area contributed by atoms with Crippen LogP contribution in [0.3, 0.4) is 0 Å². The van der Waals surface area contributed by atoms with Gasteiger partial charge in [-0.2, -0.15) is 5.10 Å². The summed E-state index contributed by atoms with van der Waals surface area (Å²) in [4.78, 5) is 4.27. The summed E-state index contributed by atoms with van der Waals surface area (Å²) in [5, 5.41) is 4.25. The van der Waals surface area contributed by atoms with E-state index in [9.17, 15) is 0 Å². The first kappa shape index (κ1) is 13.5. The Balaban J connectivity index is 1.99. The highest BCUT2D eigenvalue weighted by Gasteiger charge is 2.05. The van der Waals surface area contributed by atoms with Crippen molar-refractivity contribution in [3.05, 3.63) is 42.0 Å². The maximum absolute atomic E-state index is 5.34. The van der Waals surface area contributed by atoms with Crippen LogP contribution in [0.4, 0.5) is 0 Å². The quantitative estimate of drug-likeness (QED) is 0.714. The first-order valence-electron chi connectivity index (χ1n) is 6.41. The van der Waals surface area contributed by atoms with Gasteiger partial charge in [0.15, 0.2) is 0 Å². The molecule has 0 aliphatic heterocycles. The minimum Gasteiger partial charge on any atom is -0.497 e. The van der Waals surface area contributed by atoms with E-state index in [-0.39, 0.29) is 0 Å². The fourth-order valence-electron chi connectivity index (χ4n) is 1.83. The summed E-state index contributed by atoms with van der Waals surface area (Å²) in [5.74, 6) is 1.81. The lowest BCUT2D eigenvalue weighted by atomic mass is 10.2. The summed E-state index contributed by atoms with van der Waals surface area (Å²) in [6.45, 7) is 4.11. The molecule has 2 aromatic rings. The highest BCUT2D eigenvalue weighted by Crippen LogP contribution is 2.12. The normalized spacial score (nSPS) is 10.6. The number of hydrogen-bond donors (Lipinski definition) is 0. The smallest absolute Gasteiger partial charge is 0.138 e. The number of methoxy groups -OCH3 is 1. The summed E-state index contributed by atoms with van der Waals surface area (Å²) in [7, 11) is 1.66. The molecule has 5 nitrogen and oxygen atoms in total. The molecule has 0 radical (unpaired) electrons. The summed E-state index contributed by atoms with van der Waals surface area (Å²) >= 11 is 0. The molecule has 0 saturated heterocycles. The van der Waals surface area contributed by atoms with E-state index >= 15 is 0 Å². The molecule has 102 valence electrons. The summed E-state index contributed by atoms with van der Waals surface area (Å²) < 4.78 is 12.4. The molecule has 0 unspecified atom stereocenters. The van der Waals surface area contributed by atoms with Crippen LogP contribution in [0, 0.1) is 0 Å². The van der Waals surface area contributed by atoms with Crippen LogP contribution in [0.2, 0.25) is 0 Å². The van der Waals surface area contributed by atoms with Gasteiger partial charge in [0.05, 0.1) is 20.3 Å². The molecule has 0 spiro atoms. The van der Waals surface area contributed by atoms with Crippen LogP contribution >= 0.6 is 0 Å². The molecule has 0 bridgehead atoms.